The molecule has 1 N–H and O–H groups in total. The first-order valence-corrected chi connectivity index (χ1v) is 15.3. The summed E-state index contributed by atoms with van der Waals surface area (Å²) in [6.45, 7) is 1.37. The zero-order valence-corrected chi connectivity index (χ0v) is 24.3. The van der Waals surface area contributed by atoms with Crippen LogP contribution in [-0.2, 0) is 26.2 Å². The molecule has 1 fully saturated rings. The second-order valence-electron chi connectivity index (χ2n) is 9.47. The first kappa shape index (κ1) is 30.1. The molecule has 0 spiro atoms. The largest absolute Gasteiger partial charge is 0.495 e. The van der Waals surface area contributed by atoms with Crippen molar-refractivity contribution in [3.8, 4) is 5.75 Å². The molecule has 0 radical (unpaired) electrons. The second kappa shape index (κ2) is 13.5. The maximum atomic E-state index is 13.8. The van der Waals surface area contributed by atoms with Gasteiger partial charge in [-0.1, -0.05) is 67.6 Å². The first-order valence-electron chi connectivity index (χ1n) is 12.7. The average Bonchev–Trinajstić information content (AvgIpc) is 2.88. The van der Waals surface area contributed by atoms with Crippen LogP contribution in [-0.4, -0.2) is 57.1 Å². The number of carbonyl (C=O) groups excluding carboxylic acids is 2. The van der Waals surface area contributed by atoms with E-state index in [2.05, 4.69) is 5.32 Å². The van der Waals surface area contributed by atoms with E-state index < -0.39 is 28.5 Å². The highest BCUT2D eigenvalue weighted by molar-refractivity contribution is 7.92. The maximum Gasteiger partial charge on any atom is 0.244 e. The van der Waals surface area contributed by atoms with Gasteiger partial charge in [0.1, 0.15) is 18.3 Å². The molecular weight excluding hydrogens is 549 g/mol. The van der Waals surface area contributed by atoms with E-state index in [1.54, 1.807) is 24.3 Å². The molecule has 8 nitrogen and oxygen atoms in total. The Morgan fingerprint density at radius 1 is 1.08 bits per heavy atom. The van der Waals surface area contributed by atoms with Gasteiger partial charge in [0, 0.05) is 17.6 Å². The van der Waals surface area contributed by atoms with Gasteiger partial charge in [0.2, 0.25) is 21.8 Å². The molecule has 3 rings (SSSR count). The lowest BCUT2D eigenvalue weighted by Gasteiger charge is -2.34. The Bertz CT molecular complexity index is 1230. The van der Waals surface area contributed by atoms with Gasteiger partial charge in [0.15, 0.2) is 0 Å². The Morgan fingerprint density at radius 3 is 2.34 bits per heavy atom. The molecule has 2 amide bonds. The highest BCUT2D eigenvalue weighted by Gasteiger charge is 2.33. The number of hydrogen-bond acceptors (Lipinski definition) is 5. The lowest BCUT2D eigenvalue weighted by atomic mass is 9.95. The van der Waals surface area contributed by atoms with Crippen molar-refractivity contribution in [2.24, 2.45) is 0 Å². The molecule has 1 saturated carbocycles. The fourth-order valence-corrected chi connectivity index (χ4v) is 5.99. The third-order valence-electron chi connectivity index (χ3n) is 6.74. The summed E-state index contributed by atoms with van der Waals surface area (Å²) in [5.41, 5.74) is 0.869. The maximum absolute atomic E-state index is 13.8. The van der Waals surface area contributed by atoms with E-state index in [4.69, 9.17) is 27.9 Å². The number of nitrogens with zero attached hydrogens (tertiary/aromatic N) is 2. The van der Waals surface area contributed by atoms with E-state index in [0.29, 0.717) is 22.8 Å². The molecule has 38 heavy (non-hydrogen) atoms. The van der Waals surface area contributed by atoms with E-state index in [1.807, 2.05) is 6.92 Å². The number of amides is 2. The van der Waals surface area contributed by atoms with E-state index in [0.717, 1.165) is 42.7 Å². The van der Waals surface area contributed by atoms with Gasteiger partial charge in [-0.25, -0.2) is 8.42 Å². The molecule has 1 aliphatic rings. The molecule has 2 aromatic rings. The van der Waals surface area contributed by atoms with Gasteiger partial charge in [0.05, 0.1) is 24.1 Å². The smallest absolute Gasteiger partial charge is 0.244 e. The molecule has 0 saturated heterocycles. The Morgan fingerprint density at radius 2 is 1.76 bits per heavy atom. The third-order valence-corrected chi connectivity index (χ3v) is 8.54. The van der Waals surface area contributed by atoms with Crippen LogP contribution < -0.4 is 14.4 Å². The lowest BCUT2D eigenvalue weighted by Crippen LogP contribution is -2.54. The molecule has 0 aliphatic heterocycles. The minimum atomic E-state index is -3.88. The van der Waals surface area contributed by atoms with E-state index in [1.165, 1.54) is 30.2 Å². The number of benzene rings is 2. The lowest BCUT2D eigenvalue weighted by molar-refractivity contribution is -0.140. The van der Waals surface area contributed by atoms with Crippen LogP contribution in [0, 0.1) is 0 Å². The van der Waals surface area contributed by atoms with E-state index >= 15 is 0 Å². The average molecular weight is 585 g/mol. The quantitative estimate of drug-likeness (QED) is 0.400. The Kier molecular flexibility index (Phi) is 10.7. The molecule has 0 aromatic heterocycles. The summed E-state index contributed by atoms with van der Waals surface area (Å²) in [6, 6.07) is 10.8. The first-order chi connectivity index (χ1) is 18.0. The monoisotopic (exact) mass is 583 g/mol. The zero-order chi connectivity index (χ0) is 27.9. The molecule has 1 aliphatic carbocycles. The topological polar surface area (TPSA) is 96.0 Å². The third kappa shape index (κ3) is 7.77. The van der Waals surface area contributed by atoms with Gasteiger partial charge in [-0.3, -0.25) is 13.9 Å². The molecule has 11 heteroatoms. The van der Waals surface area contributed by atoms with Crippen molar-refractivity contribution in [1.82, 2.24) is 10.2 Å². The number of anilines is 1. The molecule has 0 bridgehead atoms. The van der Waals surface area contributed by atoms with Crippen molar-refractivity contribution in [1.29, 1.82) is 0 Å². The fourth-order valence-electron chi connectivity index (χ4n) is 4.70. The Labute approximate surface area is 235 Å². The summed E-state index contributed by atoms with van der Waals surface area (Å²) in [5, 5.41) is 3.77. The highest BCUT2D eigenvalue weighted by Crippen LogP contribution is 2.30. The summed E-state index contributed by atoms with van der Waals surface area (Å²) in [4.78, 5) is 28.7. The summed E-state index contributed by atoms with van der Waals surface area (Å²) in [6.07, 6.45) is 6.43. The number of methoxy groups -OCH3 is 1. The number of carbonyl (C=O) groups is 2. The number of halogens is 2. The minimum Gasteiger partial charge on any atom is -0.495 e. The van der Waals surface area contributed by atoms with Crippen LogP contribution in [0.25, 0.3) is 0 Å². The number of sulfonamides is 1. The van der Waals surface area contributed by atoms with Crippen LogP contribution in [0.2, 0.25) is 10.0 Å². The number of nitrogens with one attached hydrogen (secondary N) is 1. The van der Waals surface area contributed by atoms with E-state index in [-0.39, 0.29) is 29.2 Å². The summed E-state index contributed by atoms with van der Waals surface area (Å²) in [5.74, 6) is -0.410. The van der Waals surface area contributed by atoms with Crippen LogP contribution in [0.3, 0.4) is 0 Å². The Balaban J connectivity index is 1.94. The van der Waals surface area contributed by atoms with Crippen LogP contribution in [0.15, 0.2) is 42.5 Å². The number of rotatable bonds is 11. The predicted octanol–water partition coefficient (Wildman–Crippen LogP) is 5.02. The standard InChI is InChI=1S/C27H35Cl2N3O5S/c1-4-24(27(34)30-20-11-6-5-7-12-20)31(17-19-10-8-9-13-22(19)28)26(33)18-32(38(3,35)36)21-14-15-25(37-2)23(29)16-21/h8-10,13-16,20,24H,4-7,11-12,17-18H2,1-3H3,(H,30,34)/t24-/m0/s1. The zero-order valence-electron chi connectivity index (χ0n) is 22.0. The summed E-state index contributed by atoms with van der Waals surface area (Å²) >= 11 is 12.7. The highest BCUT2D eigenvalue weighted by atomic mass is 35.5. The normalized spacial score (nSPS) is 15.0. The minimum absolute atomic E-state index is 0.0517. The fraction of sp³-hybridized carbons (Fsp3) is 0.481. The summed E-state index contributed by atoms with van der Waals surface area (Å²) < 4.78 is 31.7. The van der Waals surface area contributed by atoms with Crippen LogP contribution in [0.1, 0.15) is 51.0 Å². The van der Waals surface area contributed by atoms with Crippen molar-refractivity contribution in [3.63, 3.8) is 0 Å². The van der Waals surface area contributed by atoms with Crippen molar-refractivity contribution in [3.05, 3.63) is 58.1 Å². The molecule has 2 aromatic carbocycles. The van der Waals surface area contributed by atoms with Crippen molar-refractivity contribution in [2.45, 2.75) is 64.1 Å². The van der Waals surface area contributed by atoms with Gasteiger partial charge >= 0.3 is 0 Å². The molecular formula is C27H35Cl2N3O5S. The number of ether oxygens (including phenoxy) is 1. The van der Waals surface area contributed by atoms with Crippen molar-refractivity contribution < 1.29 is 22.7 Å². The van der Waals surface area contributed by atoms with Crippen molar-refractivity contribution >= 4 is 50.7 Å². The van der Waals surface area contributed by atoms with Gasteiger partial charge in [-0.15, -0.1) is 0 Å². The van der Waals surface area contributed by atoms with Crippen LogP contribution in [0.4, 0.5) is 5.69 Å². The van der Waals surface area contributed by atoms with Gasteiger partial charge in [0.25, 0.3) is 0 Å². The van der Waals surface area contributed by atoms with E-state index in [9.17, 15) is 18.0 Å². The molecule has 1 atom stereocenters. The SMILES string of the molecule is CC[C@@H](C(=O)NC1CCCCC1)N(Cc1ccccc1Cl)C(=O)CN(c1ccc(OC)c(Cl)c1)S(C)(=O)=O. The number of hydrogen-bond donors (Lipinski definition) is 1. The van der Waals surface area contributed by atoms with Crippen LogP contribution in [0.5, 0.6) is 5.75 Å². The molecule has 0 unspecified atom stereocenters. The van der Waals surface area contributed by atoms with Crippen molar-refractivity contribution in [2.75, 3.05) is 24.2 Å². The van der Waals surface area contributed by atoms with Crippen LogP contribution >= 0.6 is 23.2 Å². The molecule has 0 heterocycles. The second-order valence-corrected chi connectivity index (χ2v) is 12.2. The molecule has 208 valence electrons. The van der Waals surface area contributed by atoms with Gasteiger partial charge in [-0.05, 0) is 49.1 Å². The summed E-state index contributed by atoms with van der Waals surface area (Å²) in [7, 11) is -2.43. The van der Waals surface area contributed by atoms with Gasteiger partial charge < -0.3 is 15.0 Å². The van der Waals surface area contributed by atoms with Gasteiger partial charge in [-0.2, -0.15) is 0 Å². The predicted molar refractivity (Wildman–Crippen MR) is 151 cm³/mol. The Hall–Kier alpha value is -2.49.